The lowest BCUT2D eigenvalue weighted by Crippen LogP contribution is -2.36. The predicted octanol–water partition coefficient (Wildman–Crippen LogP) is 3.09. The molecule has 0 saturated carbocycles. The first-order chi connectivity index (χ1) is 9.73. The number of pyridine rings is 1. The molecular weight excluding hydrogens is 268 g/mol. The summed E-state index contributed by atoms with van der Waals surface area (Å²) in [5, 5.41) is 0. The molecular formula is C16H24N2O3. The third-order valence-corrected chi connectivity index (χ3v) is 3.15. The Morgan fingerprint density at radius 3 is 2.48 bits per heavy atom. The standard InChI is InChI=1S/C16H24N2O3/c1-11-8-14(9-12(2)17-11)20-13-6-7-18(10-13)15(19)21-16(3,4)5/h8-9,13H,6-7,10H2,1-5H3/t13-/m0/s1. The molecule has 1 amide bonds. The van der Waals surface area contributed by atoms with Gasteiger partial charge in [0, 0.05) is 36.5 Å². The molecule has 5 heteroatoms. The molecule has 1 fully saturated rings. The molecule has 0 aliphatic carbocycles. The van der Waals surface area contributed by atoms with Gasteiger partial charge in [-0.15, -0.1) is 0 Å². The van der Waals surface area contributed by atoms with Crippen molar-refractivity contribution in [3.63, 3.8) is 0 Å². The summed E-state index contributed by atoms with van der Waals surface area (Å²) >= 11 is 0. The van der Waals surface area contributed by atoms with Gasteiger partial charge in [0.25, 0.3) is 0 Å². The molecule has 0 spiro atoms. The van der Waals surface area contributed by atoms with E-state index in [-0.39, 0.29) is 12.2 Å². The minimum absolute atomic E-state index is 0.0127. The van der Waals surface area contributed by atoms with E-state index in [0.717, 1.165) is 23.6 Å². The molecule has 0 unspecified atom stereocenters. The van der Waals surface area contributed by atoms with Crippen LogP contribution in [0.3, 0.4) is 0 Å². The van der Waals surface area contributed by atoms with Crippen molar-refractivity contribution >= 4 is 6.09 Å². The van der Waals surface area contributed by atoms with Gasteiger partial charge in [0.15, 0.2) is 0 Å². The molecule has 2 rings (SSSR count). The van der Waals surface area contributed by atoms with E-state index in [1.807, 2.05) is 46.8 Å². The first kappa shape index (κ1) is 15.6. The number of likely N-dealkylation sites (tertiary alicyclic amines) is 1. The molecule has 5 nitrogen and oxygen atoms in total. The highest BCUT2D eigenvalue weighted by molar-refractivity contribution is 5.68. The Hall–Kier alpha value is -1.78. The van der Waals surface area contributed by atoms with Gasteiger partial charge in [-0.25, -0.2) is 4.79 Å². The SMILES string of the molecule is Cc1cc(O[C@H]2CCN(C(=O)OC(C)(C)C)C2)cc(C)n1. The Bertz CT molecular complexity index is 502. The van der Waals surface area contributed by atoms with Crippen molar-refractivity contribution in [2.24, 2.45) is 0 Å². The van der Waals surface area contributed by atoms with E-state index in [4.69, 9.17) is 9.47 Å². The summed E-state index contributed by atoms with van der Waals surface area (Å²) < 4.78 is 11.3. The lowest BCUT2D eigenvalue weighted by Gasteiger charge is -2.24. The number of ether oxygens (including phenoxy) is 2. The van der Waals surface area contributed by atoms with Crippen molar-refractivity contribution in [2.75, 3.05) is 13.1 Å². The molecule has 0 N–H and O–H groups in total. The Morgan fingerprint density at radius 2 is 1.90 bits per heavy atom. The van der Waals surface area contributed by atoms with E-state index in [9.17, 15) is 4.79 Å². The van der Waals surface area contributed by atoms with E-state index in [1.165, 1.54) is 0 Å². The van der Waals surface area contributed by atoms with E-state index < -0.39 is 5.60 Å². The van der Waals surface area contributed by atoms with Crippen LogP contribution in [0.4, 0.5) is 4.79 Å². The number of hydrogen-bond acceptors (Lipinski definition) is 4. The highest BCUT2D eigenvalue weighted by Crippen LogP contribution is 2.21. The normalized spacial score (nSPS) is 18.7. The predicted molar refractivity (Wildman–Crippen MR) is 80.6 cm³/mol. The quantitative estimate of drug-likeness (QED) is 0.840. The van der Waals surface area contributed by atoms with Gasteiger partial charge in [-0.1, -0.05) is 0 Å². The molecule has 1 aliphatic heterocycles. The average Bonchev–Trinajstić information content (AvgIpc) is 2.73. The molecule has 2 heterocycles. The topological polar surface area (TPSA) is 51.7 Å². The van der Waals surface area contributed by atoms with Crippen LogP contribution in [-0.4, -0.2) is 40.8 Å². The third-order valence-electron chi connectivity index (χ3n) is 3.15. The van der Waals surface area contributed by atoms with E-state index in [1.54, 1.807) is 4.90 Å². The fraction of sp³-hybridized carbons (Fsp3) is 0.625. The van der Waals surface area contributed by atoms with Crippen molar-refractivity contribution in [1.29, 1.82) is 0 Å². The largest absolute Gasteiger partial charge is 0.488 e. The fourth-order valence-electron chi connectivity index (χ4n) is 2.37. The summed E-state index contributed by atoms with van der Waals surface area (Å²) in [6.07, 6.45) is 0.564. The Morgan fingerprint density at radius 1 is 1.29 bits per heavy atom. The second-order valence-electron chi connectivity index (χ2n) is 6.54. The Labute approximate surface area is 126 Å². The van der Waals surface area contributed by atoms with Gasteiger partial charge in [0.2, 0.25) is 0 Å². The van der Waals surface area contributed by atoms with Crippen LogP contribution < -0.4 is 4.74 Å². The number of carbonyl (C=O) groups is 1. The molecule has 116 valence electrons. The zero-order valence-corrected chi connectivity index (χ0v) is 13.5. The van der Waals surface area contributed by atoms with Crippen LogP contribution in [0.25, 0.3) is 0 Å². The van der Waals surface area contributed by atoms with Gasteiger partial charge in [0.05, 0.1) is 6.54 Å². The van der Waals surface area contributed by atoms with Gasteiger partial charge >= 0.3 is 6.09 Å². The van der Waals surface area contributed by atoms with Crippen LogP contribution in [0.1, 0.15) is 38.6 Å². The van der Waals surface area contributed by atoms with Crippen molar-refractivity contribution in [2.45, 2.75) is 52.7 Å². The number of hydrogen-bond donors (Lipinski definition) is 0. The second kappa shape index (κ2) is 5.92. The molecule has 1 atom stereocenters. The minimum atomic E-state index is -0.463. The van der Waals surface area contributed by atoms with Crippen LogP contribution in [0.5, 0.6) is 5.75 Å². The molecule has 1 aromatic rings. The lowest BCUT2D eigenvalue weighted by atomic mass is 10.2. The molecule has 1 aromatic heterocycles. The maximum absolute atomic E-state index is 12.0. The summed E-state index contributed by atoms with van der Waals surface area (Å²) in [7, 11) is 0. The highest BCUT2D eigenvalue weighted by Gasteiger charge is 2.30. The summed E-state index contributed by atoms with van der Waals surface area (Å²) in [5.74, 6) is 0.816. The van der Waals surface area contributed by atoms with Crippen molar-refractivity contribution in [1.82, 2.24) is 9.88 Å². The lowest BCUT2D eigenvalue weighted by molar-refractivity contribution is 0.0275. The Kier molecular flexibility index (Phi) is 4.40. The number of aromatic nitrogens is 1. The molecule has 1 aliphatic rings. The van der Waals surface area contributed by atoms with E-state index in [2.05, 4.69) is 4.98 Å². The van der Waals surface area contributed by atoms with Crippen LogP contribution in [0, 0.1) is 13.8 Å². The van der Waals surface area contributed by atoms with E-state index in [0.29, 0.717) is 13.1 Å². The van der Waals surface area contributed by atoms with Crippen molar-refractivity contribution in [3.05, 3.63) is 23.5 Å². The van der Waals surface area contributed by atoms with Crippen LogP contribution >= 0.6 is 0 Å². The molecule has 21 heavy (non-hydrogen) atoms. The molecule has 0 radical (unpaired) electrons. The second-order valence-corrected chi connectivity index (χ2v) is 6.54. The van der Waals surface area contributed by atoms with E-state index >= 15 is 0 Å². The van der Waals surface area contributed by atoms with Crippen LogP contribution in [0.15, 0.2) is 12.1 Å². The van der Waals surface area contributed by atoms with Gasteiger partial charge in [-0.05, 0) is 34.6 Å². The van der Waals surface area contributed by atoms with Gasteiger partial charge in [-0.3, -0.25) is 4.98 Å². The van der Waals surface area contributed by atoms with Crippen molar-refractivity contribution < 1.29 is 14.3 Å². The summed E-state index contributed by atoms with van der Waals surface area (Å²) in [4.78, 5) is 18.0. The highest BCUT2D eigenvalue weighted by atomic mass is 16.6. The first-order valence-corrected chi connectivity index (χ1v) is 7.33. The summed E-state index contributed by atoms with van der Waals surface area (Å²) in [6.45, 7) is 10.7. The maximum Gasteiger partial charge on any atom is 0.410 e. The summed E-state index contributed by atoms with van der Waals surface area (Å²) in [5.41, 5.74) is 1.41. The van der Waals surface area contributed by atoms with Gasteiger partial charge in [0.1, 0.15) is 17.5 Å². The number of amides is 1. The van der Waals surface area contributed by atoms with Gasteiger partial charge in [-0.2, -0.15) is 0 Å². The first-order valence-electron chi connectivity index (χ1n) is 7.33. The van der Waals surface area contributed by atoms with Crippen molar-refractivity contribution in [3.8, 4) is 5.75 Å². The third kappa shape index (κ3) is 4.62. The number of carbonyl (C=O) groups excluding carboxylic acids is 1. The fourth-order valence-corrected chi connectivity index (χ4v) is 2.37. The van der Waals surface area contributed by atoms with Crippen LogP contribution in [-0.2, 0) is 4.74 Å². The number of aryl methyl sites for hydroxylation is 2. The van der Waals surface area contributed by atoms with Crippen LogP contribution in [0.2, 0.25) is 0 Å². The minimum Gasteiger partial charge on any atom is -0.488 e. The van der Waals surface area contributed by atoms with Gasteiger partial charge < -0.3 is 14.4 Å². The Balaban J connectivity index is 1.92. The monoisotopic (exact) mass is 292 g/mol. The maximum atomic E-state index is 12.0. The summed E-state index contributed by atoms with van der Waals surface area (Å²) in [6, 6.07) is 3.84. The zero-order valence-electron chi connectivity index (χ0n) is 13.5. The molecule has 1 saturated heterocycles. The number of rotatable bonds is 2. The number of nitrogens with zero attached hydrogens (tertiary/aromatic N) is 2. The average molecular weight is 292 g/mol. The zero-order chi connectivity index (χ0) is 15.6. The smallest absolute Gasteiger partial charge is 0.410 e. The molecule has 0 bridgehead atoms. The molecule has 0 aromatic carbocycles.